The molecule has 1 rings (SSSR count). The first-order chi connectivity index (χ1) is 5.20. The first kappa shape index (κ1) is 8.71. The minimum Gasteiger partial charge on any atom is -0.387 e. The number of hydrogen-bond acceptors (Lipinski definition) is 2. The predicted molar refractivity (Wildman–Crippen MR) is 48.1 cm³/mol. The molecule has 1 aliphatic carbocycles. The first-order valence-corrected chi connectivity index (χ1v) is 5.52. The molecule has 0 radical (unpaired) electrons. The average Bonchev–Trinajstić information content (AvgIpc) is 2.66. The highest BCUT2D eigenvalue weighted by atomic mass is 32.2. The SMILES string of the molecule is CS(=O)CCN=C(N)C1CC1. The Morgan fingerprint density at radius 1 is 1.73 bits per heavy atom. The van der Waals surface area contributed by atoms with Gasteiger partial charge < -0.3 is 5.73 Å². The maximum atomic E-state index is 10.6. The van der Waals surface area contributed by atoms with Crippen molar-refractivity contribution >= 4 is 16.6 Å². The Bertz CT molecular complexity index is 187. The molecule has 1 fully saturated rings. The lowest BCUT2D eigenvalue weighted by Gasteiger charge is -1.95. The van der Waals surface area contributed by atoms with Gasteiger partial charge in [-0.05, 0) is 12.8 Å². The molecule has 2 N–H and O–H groups in total. The highest BCUT2D eigenvalue weighted by Gasteiger charge is 2.24. The molecule has 0 saturated heterocycles. The minimum absolute atomic E-state index is 0.542. The van der Waals surface area contributed by atoms with Crippen LogP contribution in [0.3, 0.4) is 0 Å². The lowest BCUT2D eigenvalue weighted by atomic mass is 10.4. The third-order valence-corrected chi connectivity index (χ3v) is 2.43. The van der Waals surface area contributed by atoms with Crippen LogP contribution in [-0.4, -0.2) is 28.6 Å². The van der Waals surface area contributed by atoms with Crippen LogP contribution in [0.2, 0.25) is 0 Å². The summed E-state index contributed by atoms with van der Waals surface area (Å²) in [7, 11) is -0.737. The normalized spacial score (nSPS) is 21.7. The van der Waals surface area contributed by atoms with Gasteiger partial charge in [0.05, 0.1) is 12.4 Å². The highest BCUT2D eigenvalue weighted by molar-refractivity contribution is 7.84. The van der Waals surface area contributed by atoms with E-state index in [1.165, 1.54) is 12.8 Å². The zero-order valence-corrected chi connectivity index (χ0v) is 7.56. The molecule has 1 saturated carbocycles. The van der Waals surface area contributed by atoms with E-state index in [1.807, 2.05) is 0 Å². The van der Waals surface area contributed by atoms with Crippen LogP contribution in [0.5, 0.6) is 0 Å². The molecule has 0 aliphatic heterocycles. The van der Waals surface area contributed by atoms with Gasteiger partial charge in [0.15, 0.2) is 0 Å². The van der Waals surface area contributed by atoms with Gasteiger partial charge in [-0.2, -0.15) is 0 Å². The monoisotopic (exact) mass is 174 g/mol. The molecular weight excluding hydrogens is 160 g/mol. The molecule has 0 aromatic rings. The van der Waals surface area contributed by atoms with Gasteiger partial charge in [0.2, 0.25) is 0 Å². The Labute approximate surface area is 69.5 Å². The Balaban J connectivity index is 2.17. The quantitative estimate of drug-likeness (QED) is 0.486. The summed E-state index contributed by atoms with van der Waals surface area (Å²) in [6, 6.07) is 0. The molecule has 0 amide bonds. The van der Waals surface area contributed by atoms with E-state index in [2.05, 4.69) is 4.99 Å². The summed E-state index contributed by atoms with van der Waals surface area (Å²) in [4.78, 5) is 4.13. The lowest BCUT2D eigenvalue weighted by molar-refractivity contribution is 0.686. The van der Waals surface area contributed by atoms with E-state index >= 15 is 0 Å². The first-order valence-electron chi connectivity index (χ1n) is 3.80. The zero-order chi connectivity index (χ0) is 8.27. The van der Waals surface area contributed by atoms with Crippen molar-refractivity contribution in [2.75, 3.05) is 18.6 Å². The molecular formula is C7H14N2OS. The molecule has 1 aliphatic rings. The van der Waals surface area contributed by atoms with Crippen molar-refractivity contribution in [3.05, 3.63) is 0 Å². The predicted octanol–water partition coefficient (Wildman–Crippen LogP) is 0.132. The van der Waals surface area contributed by atoms with E-state index in [1.54, 1.807) is 6.26 Å². The molecule has 1 unspecified atom stereocenters. The number of nitrogens with two attached hydrogens (primary N) is 1. The number of rotatable bonds is 4. The smallest absolute Gasteiger partial charge is 0.0968 e. The molecule has 3 nitrogen and oxygen atoms in total. The Hall–Kier alpha value is -0.380. The van der Waals surface area contributed by atoms with E-state index < -0.39 is 10.8 Å². The van der Waals surface area contributed by atoms with Crippen molar-refractivity contribution in [1.82, 2.24) is 0 Å². The Kier molecular flexibility index (Phi) is 3.05. The van der Waals surface area contributed by atoms with Crippen molar-refractivity contribution in [2.45, 2.75) is 12.8 Å². The summed E-state index contributed by atoms with van der Waals surface area (Å²) >= 11 is 0. The minimum atomic E-state index is -0.737. The number of hydrogen-bond donors (Lipinski definition) is 1. The maximum Gasteiger partial charge on any atom is 0.0968 e. The van der Waals surface area contributed by atoms with Crippen LogP contribution in [-0.2, 0) is 10.8 Å². The molecule has 0 aromatic heterocycles. The summed E-state index contributed by atoms with van der Waals surface area (Å²) in [5.74, 6) is 1.93. The summed E-state index contributed by atoms with van der Waals surface area (Å²) in [6.45, 7) is 0.617. The van der Waals surface area contributed by atoms with E-state index in [0.717, 1.165) is 5.84 Å². The fourth-order valence-corrected chi connectivity index (χ4v) is 1.16. The van der Waals surface area contributed by atoms with Crippen LogP contribution in [0.15, 0.2) is 4.99 Å². The standard InChI is InChI=1S/C7H14N2OS/c1-11(10)5-4-9-7(8)6-2-3-6/h6H,2-5H2,1H3,(H2,8,9). The van der Waals surface area contributed by atoms with Crippen LogP contribution in [0.1, 0.15) is 12.8 Å². The van der Waals surface area contributed by atoms with Crippen LogP contribution >= 0.6 is 0 Å². The maximum absolute atomic E-state index is 10.6. The summed E-state index contributed by atoms with van der Waals surface area (Å²) in [5, 5.41) is 0. The van der Waals surface area contributed by atoms with Crippen molar-refractivity contribution in [3.8, 4) is 0 Å². The van der Waals surface area contributed by atoms with Gasteiger partial charge in [0.1, 0.15) is 0 Å². The van der Waals surface area contributed by atoms with Crippen molar-refractivity contribution in [1.29, 1.82) is 0 Å². The van der Waals surface area contributed by atoms with Gasteiger partial charge >= 0.3 is 0 Å². The average molecular weight is 174 g/mol. The molecule has 0 heterocycles. The lowest BCUT2D eigenvalue weighted by Crippen LogP contribution is -2.15. The number of amidine groups is 1. The van der Waals surface area contributed by atoms with Gasteiger partial charge in [-0.15, -0.1) is 0 Å². The van der Waals surface area contributed by atoms with Crippen molar-refractivity contribution < 1.29 is 4.21 Å². The van der Waals surface area contributed by atoms with Crippen LogP contribution in [0, 0.1) is 5.92 Å². The second-order valence-corrected chi connectivity index (χ2v) is 4.41. The number of aliphatic imine (C=N–C) groups is 1. The molecule has 4 heteroatoms. The van der Waals surface area contributed by atoms with E-state index in [4.69, 9.17) is 5.73 Å². The molecule has 0 spiro atoms. The molecule has 0 aromatic carbocycles. The Morgan fingerprint density at radius 3 is 2.82 bits per heavy atom. The second-order valence-electron chi connectivity index (χ2n) is 2.86. The van der Waals surface area contributed by atoms with E-state index in [9.17, 15) is 4.21 Å². The fourth-order valence-electron chi connectivity index (χ4n) is 0.811. The number of nitrogens with zero attached hydrogens (tertiary/aromatic N) is 1. The zero-order valence-electron chi connectivity index (χ0n) is 6.75. The van der Waals surface area contributed by atoms with Crippen LogP contribution in [0.25, 0.3) is 0 Å². The van der Waals surface area contributed by atoms with Crippen molar-refractivity contribution in [3.63, 3.8) is 0 Å². The van der Waals surface area contributed by atoms with Crippen LogP contribution in [0.4, 0.5) is 0 Å². The van der Waals surface area contributed by atoms with Gasteiger partial charge in [0, 0.05) is 28.7 Å². The third-order valence-electron chi connectivity index (χ3n) is 1.67. The molecule has 11 heavy (non-hydrogen) atoms. The van der Waals surface area contributed by atoms with Gasteiger partial charge in [-0.3, -0.25) is 9.20 Å². The summed E-state index contributed by atoms with van der Waals surface area (Å²) in [6.07, 6.45) is 4.05. The molecule has 64 valence electrons. The molecule has 1 atom stereocenters. The summed E-state index contributed by atoms with van der Waals surface area (Å²) < 4.78 is 10.6. The van der Waals surface area contributed by atoms with E-state index in [0.29, 0.717) is 18.2 Å². The largest absolute Gasteiger partial charge is 0.387 e. The molecule has 0 bridgehead atoms. The van der Waals surface area contributed by atoms with Crippen molar-refractivity contribution in [2.24, 2.45) is 16.6 Å². The summed E-state index contributed by atoms with van der Waals surface area (Å²) in [5.41, 5.74) is 5.62. The van der Waals surface area contributed by atoms with Gasteiger partial charge in [-0.25, -0.2) is 0 Å². The van der Waals surface area contributed by atoms with Gasteiger partial charge in [-0.1, -0.05) is 0 Å². The highest BCUT2D eigenvalue weighted by Crippen LogP contribution is 2.28. The second kappa shape index (κ2) is 3.85. The van der Waals surface area contributed by atoms with E-state index in [-0.39, 0.29) is 0 Å². The fraction of sp³-hybridized carbons (Fsp3) is 0.857. The van der Waals surface area contributed by atoms with Crippen LogP contribution < -0.4 is 5.73 Å². The van der Waals surface area contributed by atoms with Gasteiger partial charge in [0.25, 0.3) is 0 Å². The third kappa shape index (κ3) is 3.51. The topological polar surface area (TPSA) is 55.5 Å². The Morgan fingerprint density at radius 2 is 2.36 bits per heavy atom.